The van der Waals surface area contributed by atoms with E-state index >= 15 is 0 Å². The van der Waals surface area contributed by atoms with Gasteiger partial charge < -0.3 is 10.6 Å². The third kappa shape index (κ3) is 3.35. The van der Waals surface area contributed by atoms with Gasteiger partial charge in [0.05, 0.1) is 5.54 Å². The van der Waals surface area contributed by atoms with Crippen molar-refractivity contribution >= 4 is 5.91 Å². The number of carbonyl (C=O) groups is 1. The summed E-state index contributed by atoms with van der Waals surface area (Å²) in [6.45, 7) is 8.94. The minimum atomic E-state index is -0.781. The predicted octanol–water partition coefficient (Wildman–Crippen LogP) is 1.02. The van der Waals surface area contributed by atoms with Crippen LogP contribution in [0.5, 0.6) is 0 Å². The summed E-state index contributed by atoms with van der Waals surface area (Å²) in [6, 6.07) is 4.38. The second-order valence-corrected chi connectivity index (χ2v) is 6.01. The first-order chi connectivity index (χ1) is 9.39. The molecule has 0 bridgehead atoms. The first-order valence-corrected chi connectivity index (χ1v) is 7.12. The van der Waals surface area contributed by atoms with Crippen LogP contribution in [0.1, 0.15) is 32.4 Å². The third-order valence-corrected chi connectivity index (χ3v) is 3.87. The fraction of sp³-hybridized carbons (Fsp3) is 0.600. The quantitative estimate of drug-likeness (QED) is 0.895. The summed E-state index contributed by atoms with van der Waals surface area (Å²) in [6.07, 6.45) is 3.70. The Morgan fingerprint density at radius 3 is 2.50 bits per heavy atom. The molecule has 1 atom stereocenters. The molecule has 2 heterocycles. The fourth-order valence-electron chi connectivity index (χ4n) is 2.55. The maximum absolute atomic E-state index is 12.1. The van der Waals surface area contributed by atoms with E-state index in [9.17, 15) is 4.79 Å². The van der Waals surface area contributed by atoms with Gasteiger partial charge in [-0.3, -0.25) is 14.7 Å². The first kappa shape index (κ1) is 14.9. The number of nitrogens with two attached hydrogens (primary N) is 1. The molecular formula is C15H24N4O. The lowest BCUT2D eigenvalue weighted by Gasteiger charge is -2.40. The Labute approximate surface area is 120 Å². The number of hydrogen-bond acceptors (Lipinski definition) is 4. The minimum Gasteiger partial charge on any atom is -0.339 e. The largest absolute Gasteiger partial charge is 0.339 e. The smallest absolute Gasteiger partial charge is 0.242 e. The number of aromatic nitrogens is 1. The molecule has 1 fully saturated rings. The van der Waals surface area contributed by atoms with E-state index in [1.807, 2.05) is 17.2 Å². The zero-order valence-electron chi connectivity index (χ0n) is 12.5. The third-order valence-electron chi connectivity index (χ3n) is 3.87. The summed E-state index contributed by atoms with van der Waals surface area (Å²) < 4.78 is 0. The molecule has 1 aromatic rings. The van der Waals surface area contributed by atoms with Crippen molar-refractivity contribution in [3.8, 4) is 0 Å². The van der Waals surface area contributed by atoms with Crippen LogP contribution in [-0.4, -0.2) is 52.4 Å². The molecular weight excluding hydrogens is 252 g/mol. The fourth-order valence-corrected chi connectivity index (χ4v) is 2.55. The van der Waals surface area contributed by atoms with Gasteiger partial charge in [0.25, 0.3) is 0 Å². The van der Waals surface area contributed by atoms with Gasteiger partial charge >= 0.3 is 0 Å². The highest BCUT2D eigenvalue weighted by atomic mass is 16.2. The van der Waals surface area contributed by atoms with Gasteiger partial charge in [0, 0.05) is 44.6 Å². The van der Waals surface area contributed by atoms with Crippen molar-refractivity contribution in [1.29, 1.82) is 0 Å². The average molecular weight is 276 g/mol. The normalized spacial score (nSPS) is 18.9. The van der Waals surface area contributed by atoms with Gasteiger partial charge in [0.2, 0.25) is 5.91 Å². The second kappa shape index (κ2) is 5.89. The number of piperazine rings is 1. The van der Waals surface area contributed by atoms with Crippen LogP contribution in [-0.2, 0) is 4.79 Å². The van der Waals surface area contributed by atoms with Crippen LogP contribution in [0, 0.1) is 0 Å². The lowest BCUT2D eigenvalue weighted by molar-refractivity contribution is -0.137. The van der Waals surface area contributed by atoms with Gasteiger partial charge in [-0.25, -0.2) is 0 Å². The Bertz CT molecular complexity index is 447. The van der Waals surface area contributed by atoms with Gasteiger partial charge in [0.1, 0.15) is 0 Å². The minimum absolute atomic E-state index is 0.0335. The maximum Gasteiger partial charge on any atom is 0.242 e. The Morgan fingerprint density at radius 1 is 1.35 bits per heavy atom. The summed E-state index contributed by atoms with van der Waals surface area (Å²) in [5.41, 5.74) is 6.32. The molecule has 0 saturated carbocycles. The summed E-state index contributed by atoms with van der Waals surface area (Å²) in [5.74, 6) is 0.0335. The van der Waals surface area contributed by atoms with E-state index in [0.717, 1.165) is 26.2 Å². The topological polar surface area (TPSA) is 62.5 Å². The maximum atomic E-state index is 12.1. The van der Waals surface area contributed by atoms with Crippen molar-refractivity contribution in [3.63, 3.8) is 0 Å². The van der Waals surface area contributed by atoms with Crippen LogP contribution in [0.4, 0.5) is 0 Å². The molecule has 20 heavy (non-hydrogen) atoms. The molecule has 0 aromatic carbocycles. The van der Waals surface area contributed by atoms with Crippen molar-refractivity contribution in [3.05, 3.63) is 30.1 Å². The van der Waals surface area contributed by atoms with Crippen LogP contribution in [0.15, 0.2) is 24.5 Å². The van der Waals surface area contributed by atoms with Gasteiger partial charge in [-0.1, -0.05) is 6.07 Å². The lowest BCUT2D eigenvalue weighted by atomic mass is 10.0. The van der Waals surface area contributed by atoms with Gasteiger partial charge in [-0.05, 0) is 32.4 Å². The van der Waals surface area contributed by atoms with Crippen molar-refractivity contribution in [1.82, 2.24) is 14.8 Å². The number of carbonyl (C=O) groups excluding carboxylic acids is 1. The number of amides is 1. The van der Waals surface area contributed by atoms with E-state index in [0.29, 0.717) is 6.04 Å². The molecule has 1 aliphatic heterocycles. The second-order valence-electron chi connectivity index (χ2n) is 6.01. The molecule has 1 aromatic heterocycles. The van der Waals surface area contributed by atoms with Crippen LogP contribution in [0.2, 0.25) is 0 Å². The molecule has 1 unspecified atom stereocenters. The van der Waals surface area contributed by atoms with E-state index in [-0.39, 0.29) is 5.91 Å². The van der Waals surface area contributed by atoms with Crippen LogP contribution in [0.25, 0.3) is 0 Å². The average Bonchev–Trinajstić information content (AvgIpc) is 2.46. The Morgan fingerprint density at radius 2 is 2.00 bits per heavy atom. The molecule has 1 aliphatic rings. The van der Waals surface area contributed by atoms with Crippen molar-refractivity contribution in [2.45, 2.75) is 32.4 Å². The molecule has 2 rings (SSSR count). The first-order valence-electron chi connectivity index (χ1n) is 7.12. The Hall–Kier alpha value is -1.46. The lowest BCUT2D eigenvalue weighted by Crippen LogP contribution is -2.57. The molecule has 0 spiro atoms. The van der Waals surface area contributed by atoms with E-state index in [4.69, 9.17) is 5.73 Å². The van der Waals surface area contributed by atoms with Gasteiger partial charge in [0.15, 0.2) is 0 Å². The molecule has 1 saturated heterocycles. The number of nitrogens with zero attached hydrogens (tertiary/aromatic N) is 3. The van der Waals surface area contributed by atoms with Crippen LogP contribution < -0.4 is 5.73 Å². The summed E-state index contributed by atoms with van der Waals surface area (Å²) in [5, 5.41) is 0. The molecule has 0 aliphatic carbocycles. The Kier molecular flexibility index (Phi) is 4.40. The molecule has 5 heteroatoms. The van der Waals surface area contributed by atoms with Crippen molar-refractivity contribution < 1.29 is 4.79 Å². The number of hydrogen-bond donors (Lipinski definition) is 1. The van der Waals surface area contributed by atoms with Crippen molar-refractivity contribution in [2.24, 2.45) is 5.73 Å². The Balaban J connectivity index is 1.93. The van der Waals surface area contributed by atoms with Crippen molar-refractivity contribution in [2.75, 3.05) is 26.2 Å². The van der Waals surface area contributed by atoms with Crippen LogP contribution in [0.3, 0.4) is 0 Å². The number of rotatable bonds is 3. The van der Waals surface area contributed by atoms with E-state index in [1.54, 1.807) is 20.0 Å². The molecule has 5 nitrogen and oxygen atoms in total. The SMILES string of the molecule is CC(c1cccnc1)N1CCN(C(=O)C(C)(C)N)CC1. The summed E-state index contributed by atoms with van der Waals surface area (Å²) >= 11 is 0. The van der Waals surface area contributed by atoms with Crippen LogP contribution >= 0.6 is 0 Å². The summed E-state index contributed by atoms with van der Waals surface area (Å²) in [4.78, 5) is 20.6. The predicted molar refractivity (Wildman–Crippen MR) is 79.1 cm³/mol. The molecule has 0 radical (unpaired) electrons. The highest BCUT2D eigenvalue weighted by Crippen LogP contribution is 2.21. The highest BCUT2D eigenvalue weighted by Gasteiger charge is 2.31. The number of pyridine rings is 1. The standard InChI is InChI=1S/C15H24N4O/c1-12(13-5-4-6-17-11-13)18-7-9-19(10-8-18)14(20)15(2,3)16/h4-6,11-12H,7-10,16H2,1-3H3. The summed E-state index contributed by atoms with van der Waals surface area (Å²) in [7, 11) is 0. The van der Waals surface area contributed by atoms with E-state index < -0.39 is 5.54 Å². The zero-order valence-corrected chi connectivity index (χ0v) is 12.5. The molecule has 110 valence electrons. The highest BCUT2D eigenvalue weighted by molar-refractivity contribution is 5.85. The monoisotopic (exact) mass is 276 g/mol. The molecule has 1 amide bonds. The van der Waals surface area contributed by atoms with Gasteiger partial charge in [-0.2, -0.15) is 0 Å². The van der Waals surface area contributed by atoms with E-state index in [2.05, 4.69) is 22.9 Å². The van der Waals surface area contributed by atoms with E-state index in [1.165, 1.54) is 5.56 Å². The zero-order chi connectivity index (χ0) is 14.8. The van der Waals surface area contributed by atoms with Gasteiger partial charge in [-0.15, -0.1) is 0 Å². The molecule has 2 N–H and O–H groups in total.